The molecule has 0 saturated heterocycles. The number of aliphatic carboxylic acids is 1. The molecule has 2 aliphatic carbocycles. The Kier molecular flexibility index (Phi) is 6.07. The predicted molar refractivity (Wildman–Crippen MR) is 82.0 cm³/mol. The number of hydrogen-bond donors (Lipinski definition) is 2. The molecule has 1 amide bonds. The predicted octanol–water partition coefficient (Wildman–Crippen LogP) is 3.50. The zero-order valence-electron chi connectivity index (χ0n) is 13.0. The van der Waals surface area contributed by atoms with Crippen molar-refractivity contribution < 1.29 is 14.7 Å². The van der Waals surface area contributed by atoms with Gasteiger partial charge in [0, 0.05) is 12.5 Å². The Morgan fingerprint density at radius 1 is 0.905 bits per heavy atom. The lowest BCUT2D eigenvalue weighted by Gasteiger charge is -2.29. The molecule has 0 unspecified atom stereocenters. The number of carbonyl (C=O) groups is 2. The zero-order chi connectivity index (χ0) is 15.1. The van der Waals surface area contributed by atoms with E-state index in [2.05, 4.69) is 5.32 Å². The average Bonchev–Trinajstić information content (AvgIpc) is 2.88. The molecule has 0 aromatic carbocycles. The number of carbonyl (C=O) groups excluding carboxylic acids is 1. The van der Waals surface area contributed by atoms with Gasteiger partial charge in [0.1, 0.15) is 0 Å². The quantitative estimate of drug-likeness (QED) is 0.780. The van der Waals surface area contributed by atoms with Crippen LogP contribution in [0.5, 0.6) is 0 Å². The lowest BCUT2D eigenvalue weighted by molar-refractivity contribution is -0.150. The summed E-state index contributed by atoms with van der Waals surface area (Å²) in [6.07, 6.45) is 12.2. The van der Waals surface area contributed by atoms with Crippen molar-refractivity contribution in [1.29, 1.82) is 0 Å². The molecule has 2 N–H and O–H groups in total. The first kappa shape index (κ1) is 16.3. The lowest BCUT2D eigenvalue weighted by atomic mass is 9.80. The molecule has 4 heteroatoms. The fraction of sp³-hybridized carbons (Fsp3) is 0.882. The van der Waals surface area contributed by atoms with Crippen molar-refractivity contribution in [3.05, 3.63) is 0 Å². The number of rotatable bonds is 4. The Bertz CT molecular complexity index is 351. The summed E-state index contributed by atoms with van der Waals surface area (Å²) < 4.78 is 0. The summed E-state index contributed by atoms with van der Waals surface area (Å²) in [6, 6.07) is 0. The van der Waals surface area contributed by atoms with Gasteiger partial charge in [-0.2, -0.15) is 0 Å². The van der Waals surface area contributed by atoms with E-state index >= 15 is 0 Å². The number of nitrogens with one attached hydrogen (secondary N) is 1. The first-order valence-electron chi connectivity index (χ1n) is 8.65. The van der Waals surface area contributed by atoms with E-state index in [1.807, 2.05) is 0 Å². The molecule has 0 bridgehead atoms. The van der Waals surface area contributed by atoms with E-state index in [0.29, 0.717) is 19.4 Å². The van der Waals surface area contributed by atoms with E-state index in [-0.39, 0.29) is 11.8 Å². The number of hydrogen-bond acceptors (Lipinski definition) is 2. The molecule has 0 aromatic heterocycles. The van der Waals surface area contributed by atoms with Crippen molar-refractivity contribution >= 4 is 11.9 Å². The minimum absolute atomic E-state index is 0.0850. The van der Waals surface area contributed by atoms with Crippen LogP contribution in [0, 0.1) is 11.3 Å². The Morgan fingerprint density at radius 3 is 1.95 bits per heavy atom. The summed E-state index contributed by atoms with van der Waals surface area (Å²) in [7, 11) is 0. The van der Waals surface area contributed by atoms with Crippen LogP contribution in [0.15, 0.2) is 0 Å². The highest BCUT2D eigenvalue weighted by atomic mass is 16.4. The molecule has 21 heavy (non-hydrogen) atoms. The van der Waals surface area contributed by atoms with Gasteiger partial charge in [-0.3, -0.25) is 9.59 Å². The summed E-state index contributed by atoms with van der Waals surface area (Å²) in [6.45, 7) is 0.317. The van der Waals surface area contributed by atoms with E-state index < -0.39 is 11.4 Å². The van der Waals surface area contributed by atoms with Crippen LogP contribution in [-0.4, -0.2) is 23.5 Å². The van der Waals surface area contributed by atoms with Gasteiger partial charge in [0.25, 0.3) is 0 Å². The van der Waals surface area contributed by atoms with Crippen molar-refractivity contribution in [3.63, 3.8) is 0 Å². The van der Waals surface area contributed by atoms with Gasteiger partial charge >= 0.3 is 5.97 Å². The third-order valence-electron chi connectivity index (χ3n) is 5.34. The monoisotopic (exact) mass is 295 g/mol. The smallest absolute Gasteiger partial charge is 0.311 e. The van der Waals surface area contributed by atoms with Crippen molar-refractivity contribution in [3.8, 4) is 0 Å². The molecule has 2 fully saturated rings. The van der Waals surface area contributed by atoms with Gasteiger partial charge < -0.3 is 10.4 Å². The summed E-state index contributed by atoms with van der Waals surface area (Å²) >= 11 is 0. The first-order chi connectivity index (χ1) is 10.1. The highest BCUT2D eigenvalue weighted by Crippen LogP contribution is 2.35. The minimum Gasteiger partial charge on any atom is -0.481 e. The maximum absolute atomic E-state index is 12.3. The van der Waals surface area contributed by atoms with Crippen LogP contribution in [0.4, 0.5) is 0 Å². The molecule has 120 valence electrons. The second kappa shape index (κ2) is 7.81. The Morgan fingerprint density at radius 2 is 1.43 bits per heavy atom. The molecule has 0 aliphatic heterocycles. The number of amides is 1. The van der Waals surface area contributed by atoms with Gasteiger partial charge in [-0.25, -0.2) is 0 Å². The highest BCUT2D eigenvalue weighted by Gasteiger charge is 2.39. The van der Waals surface area contributed by atoms with E-state index in [1.54, 1.807) is 0 Å². The first-order valence-corrected chi connectivity index (χ1v) is 8.65. The maximum atomic E-state index is 12.3. The molecule has 2 aliphatic rings. The van der Waals surface area contributed by atoms with Crippen LogP contribution in [-0.2, 0) is 9.59 Å². The van der Waals surface area contributed by atoms with Gasteiger partial charge in [0.2, 0.25) is 5.91 Å². The lowest BCUT2D eigenvalue weighted by Crippen LogP contribution is -2.44. The Balaban J connectivity index is 1.91. The summed E-state index contributed by atoms with van der Waals surface area (Å²) in [4.78, 5) is 24.1. The Labute approximate surface area is 127 Å². The molecule has 0 heterocycles. The Hall–Kier alpha value is -1.06. The fourth-order valence-electron chi connectivity index (χ4n) is 3.81. The molecule has 0 atom stereocenters. The van der Waals surface area contributed by atoms with Crippen LogP contribution in [0.2, 0.25) is 0 Å². The van der Waals surface area contributed by atoms with Crippen molar-refractivity contribution in [1.82, 2.24) is 5.32 Å². The van der Waals surface area contributed by atoms with Crippen molar-refractivity contribution in [2.24, 2.45) is 11.3 Å². The molecule has 2 saturated carbocycles. The molecule has 0 spiro atoms. The zero-order valence-corrected chi connectivity index (χ0v) is 13.0. The second-order valence-electron chi connectivity index (χ2n) is 6.91. The van der Waals surface area contributed by atoms with Crippen LogP contribution in [0.25, 0.3) is 0 Å². The van der Waals surface area contributed by atoms with Gasteiger partial charge in [-0.1, -0.05) is 51.4 Å². The van der Waals surface area contributed by atoms with Crippen molar-refractivity contribution in [2.45, 2.75) is 77.0 Å². The average molecular weight is 295 g/mol. The molecule has 4 nitrogen and oxygen atoms in total. The normalized spacial score (nSPS) is 23.8. The van der Waals surface area contributed by atoms with Gasteiger partial charge in [-0.15, -0.1) is 0 Å². The SMILES string of the molecule is O=C(NCC1(C(=O)O)CCCCCC1)C1CCCCCC1. The topological polar surface area (TPSA) is 66.4 Å². The molecular weight excluding hydrogens is 266 g/mol. The van der Waals surface area contributed by atoms with Crippen molar-refractivity contribution in [2.75, 3.05) is 6.54 Å². The van der Waals surface area contributed by atoms with Gasteiger partial charge in [-0.05, 0) is 25.7 Å². The van der Waals surface area contributed by atoms with Crippen LogP contribution >= 0.6 is 0 Å². The molecular formula is C17H29NO3. The standard InChI is InChI=1S/C17H29NO3/c19-15(14-9-5-1-2-6-10-14)18-13-17(16(20)21)11-7-3-4-8-12-17/h14H,1-13H2,(H,18,19)(H,20,21). The van der Waals surface area contributed by atoms with Crippen LogP contribution in [0.3, 0.4) is 0 Å². The maximum Gasteiger partial charge on any atom is 0.311 e. The second-order valence-corrected chi connectivity index (χ2v) is 6.91. The summed E-state index contributed by atoms with van der Waals surface area (Å²) in [5, 5.41) is 12.6. The molecule has 0 aromatic rings. The number of carboxylic acid groups (broad SMARTS) is 1. The van der Waals surface area contributed by atoms with Gasteiger partial charge in [0.05, 0.1) is 5.41 Å². The van der Waals surface area contributed by atoms with Crippen LogP contribution in [0.1, 0.15) is 77.0 Å². The van der Waals surface area contributed by atoms with E-state index in [0.717, 1.165) is 51.4 Å². The summed E-state index contributed by atoms with van der Waals surface area (Å²) in [5.74, 6) is -0.545. The molecule has 2 rings (SSSR count). The fourth-order valence-corrected chi connectivity index (χ4v) is 3.81. The van der Waals surface area contributed by atoms with E-state index in [9.17, 15) is 14.7 Å². The van der Waals surface area contributed by atoms with Crippen LogP contribution < -0.4 is 5.32 Å². The third kappa shape index (κ3) is 4.45. The van der Waals surface area contributed by atoms with E-state index in [1.165, 1.54) is 12.8 Å². The number of carboxylic acids is 1. The minimum atomic E-state index is -0.731. The summed E-state index contributed by atoms with van der Waals surface area (Å²) in [5.41, 5.74) is -0.725. The van der Waals surface area contributed by atoms with E-state index in [4.69, 9.17) is 0 Å². The third-order valence-corrected chi connectivity index (χ3v) is 5.34. The molecule has 0 radical (unpaired) electrons. The largest absolute Gasteiger partial charge is 0.481 e. The van der Waals surface area contributed by atoms with Gasteiger partial charge in [0.15, 0.2) is 0 Å². The highest BCUT2D eigenvalue weighted by molar-refractivity contribution is 5.80.